The zero-order chi connectivity index (χ0) is 20.5. The Labute approximate surface area is 173 Å². The molecule has 1 aromatic heterocycles. The first-order chi connectivity index (χ1) is 14.7. The number of carbonyl (C=O) groups is 1. The molecule has 0 aliphatic carbocycles. The maximum Gasteiger partial charge on any atom is 0.271 e. The van der Waals surface area contributed by atoms with Crippen LogP contribution in [0.5, 0.6) is 11.5 Å². The first-order valence-corrected chi connectivity index (χ1v) is 10.2. The molecule has 6 nitrogen and oxygen atoms in total. The fourth-order valence-electron chi connectivity index (χ4n) is 4.14. The molecular formula is C23H22FN3O3. The van der Waals surface area contributed by atoms with Gasteiger partial charge in [-0.2, -0.15) is 5.10 Å². The molecule has 1 N–H and O–H groups in total. The molecule has 3 heterocycles. The van der Waals surface area contributed by atoms with Crippen LogP contribution >= 0.6 is 0 Å². The number of nitrogens with one attached hydrogen (secondary N) is 1. The van der Waals surface area contributed by atoms with Gasteiger partial charge in [-0.3, -0.25) is 9.89 Å². The fraction of sp³-hybridized carbons (Fsp3) is 0.304. The van der Waals surface area contributed by atoms with E-state index in [4.69, 9.17) is 9.47 Å². The molecule has 30 heavy (non-hydrogen) atoms. The number of rotatable bonds is 3. The van der Waals surface area contributed by atoms with E-state index in [1.54, 1.807) is 6.07 Å². The monoisotopic (exact) mass is 407 g/mol. The minimum Gasteiger partial charge on any atom is -0.454 e. The highest BCUT2D eigenvalue weighted by atomic mass is 19.1. The molecule has 1 atom stereocenters. The smallest absolute Gasteiger partial charge is 0.271 e. The van der Waals surface area contributed by atoms with E-state index in [0.717, 1.165) is 30.4 Å². The van der Waals surface area contributed by atoms with Gasteiger partial charge in [0.25, 0.3) is 5.91 Å². The maximum atomic E-state index is 13.3. The van der Waals surface area contributed by atoms with Gasteiger partial charge in [0.15, 0.2) is 11.5 Å². The Morgan fingerprint density at radius 2 is 1.90 bits per heavy atom. The van der Waals surface area contributed by atoms with Gasteiger partial charge < -0.3 is 14.4 Å². The molecule has 3 aromatic rings. The molecule has 0 unspecified atom stereocenters. The van der Waals surface area contributed by atoms with Gasteiger partial charge in [0.1, 0.15) is 11.5 Å². The summed E-state index contributed by atoms with van der Waals surface area (Å²) in [5.74, 6) is 1.28. The largest absolute Gasteiger partial charge is 0.454 e. The summed E-state index contributed by atoms with van der Waals surface area (Å²) in [6.07, 6.45) is 2.98. The molecule has 0 spiro atoms. The molecule has 1 fully saturated rings. The van der Waals surface area contributed by atoms with Gasteiger partial charge in [0.2, 0.25) is 6.79 Å². The van der Waals surface area contributed by atoms with Crippen molar-refractivity contribution in [2.75, 3.05) is 19.9 Å². The molecule has 2 aliphatic heterocycles. The summed E-state index contributed by atoms with van der Waals surface area (Å²) >= 11 is 0. The van der Waals surface area contributed by atoms with Gasteiger partial charge in [-0.1, -0.05) is 18.6 Å². The number of hydrogen-bond donors (Lipinski definition) is 1. The Hall–Kier alpha value is -3.35. The lowest BCUT2D eigenvalue weighted by Gasteiger charge is -2.24. The fourth-order valence-corrected chi connectivity index (χ4v) is 4.14. The lowest BCUT2D eigenvalue weighted by atomic mass is 9.94. The van der Waals surface area contributed by atoms with Gasteiger partial charge in [0, 0.05) is 24.6 Å². The lowest BCUT2D eigenvalue weighted by molar-refractivity contribution is 0.0748. The van der Waals surface area contributed by atoms with Crippen LogP contribution in [-0.4, -0.2) is 40.9 Å². The molecule has 2 aliphatic rings. The third kappa shape index (κ3) is 3.63. The van der Waals surface area contributed by atoms with Crippen molar-refractivity contribution in [3.05, 3.63) is 65.6 Å². The molecular weight excluding hydrogens is 385 g/mol. The number of aromatic nitrogens is 2. The summed E-state index contributed by atoms with van der Waals surface area (Å²) in [6, 6.07) is 14.0. The predicted octanol–water partition coefficient (Wildman–Crippen LogP) is 4.35. The van der Waals surface area contributed by atoms with Crippen LogP contribution in [0.4, 0.5) is 4.39 Å². The normalized spacial score (nSPS) is 18.3. The van der Waals surface area contributed by atoms with E-state index in [1.807, 2.05) is 35.2 Å². The molecule has 0 bridgehead atoms. The van der Waals surface area contributed by atoms with E-state index in [9.17, 15) is 9.18 Å². The summed E-state index contributed by atoms with van der Waals surface area (Å²) in [5, 5.41) is 7.22. The Bertz CT molecular complexity index is 1060. The second-order valence-corrected chi connectivity index (χ2v) is 7.73. The van der Waals surface area contributed by atoms with Crippen molar-refractivity contribution in [2.45, 2.75) is 25.2 Å². The van der Waals surface area contributed by atoms with Gasteiger partial charge in [-0.25, -0.2) is 4.39 Å². The highest BCUT2D eigenvalue weighted by Crippen LogP contribution is 2.35. The summed E-state index contributed by atoms with van der Waals surface area (Å²) in [6.45, 7) is 1.53. The summed E-state index contributed by atoms with van der Waals surface area (Å²) in [5.41, 5.74) is 3.07. The van der Waals surface area contributed by atoms with Crippen molar-refractivity contribution in [3.8, 4) is 22.8 Å². The number of fused-ring (bicyclic) bond motifs is 1. The minimum atomic E-state index is -0.242. The van der Waals surface area contributed by atoms with E-state index in [2.05, 4.69) is 10.2 Å². The number of aromatic amines is 1. The Kier molecular flexibility index (Phi) is 4.86. The molecule has 2 aromatic carbocycles. The average molecular weight is 407 g/mol. The average Bonchev–Trinajstić information content (AvgIpc) is 3.37. The number of nitrogens with zero attached hydrogens (tertiary/aromatic N) is 2. The number of halogens is 1. The lowest BCUT2D eigenvalue weighted by Crippen LogP contribution is -2.34. The third-order valence-corrected chi connectivity index (χ3v) is 5.78. The topological polar surface area (TPSA) is 67.5 Å². The number of H-pyrrole nitrogens is 1. The zero-order valence-electron chi connectivity index (χ0n) is 16.4. The number of ether oxygens (including phenoxy) is 2. The predicted molar refractivity (Wildman–Crippen MR) is 109 cm³/mol. The van der Waals surface area contributed by atoms with Crippen molar-refractivity contribution in [3.63, 3.8) is 0 Å². The van der Waals surface area contributed by atoms with E-state index < -0.39 is 0 Å². The van der Waals surface area contributed by atoms with Crippen LogP contribution in [0.25, 0.3) is 11.3 Å². The number of hydrogen-bond acceptors (Lipinski definition) is 4. The second kappa shape index (κ2) is 7.82. The maximum absolute atomic E-state index is 13.3. The summed E-state index contributed by atoms with van der Waals surface area (Å²) in [4.78, 5) is 15.0. The molecule has 0 radical (unpaired) electrons. The number of amides is 1. The van der Waals surface area contributed by atoms with Crippen LogP contribution in [-0.2, 0) is 0 Å². The highest BCUT2D eigenvalue weighted by Gasteiger charge is 2.25. The number of likely N-dealkylation sites (tertiary alicyclic amines) is 1. The van der Waals surface area contributed by atoms with Gasteiger partial charge in [-0.15, -0.1) is 0 Å². The van der Waals surface area contributed by atoms with Gasteiger partial charge >= 0.3 is 0 Å². The van der Waals surface area contributed by atoms with Crippen LogP contribution in [0.3, 0.4) is 0 Å². The van der Waals surface area contributed by atoms with E-state index in [1.165, 1.54) is 12.1 Å². The SMILES string of the molecule is O=C(c1cc(-c2ccc3c(c2)OCO3)n[nH]1)N1CCCC[C@@H](c2ccc(F)cc2)C1. The van der Waals surface area contributed by atoms with E-state index in [-0.39, 0.29) is 24.4 Å². The third-order valence-electron chi connectivity index (χ3n) is 5.78. The zero-order valence-corrected chi connectivity index (χ0v) is 16.4. The van der Waals surface area contributed by atoms with Crippen molar-refractivity contribution in [1.29, 1.82) is 0 Å². The quantitative estimate of drug-likeness (QED) is 0.701. The van der Waals surface area contributed by atoms with Crippen molar-refractivity contribution in [1.82, 2.24) is 15.1 Å². The van der Waals surface area contributed by atoms with Gasteiger partial charge in [0.05, 0.1) is 5.69 Å². The molecule has 0 saturated carbocycles. The molecule has 7 heteroatoms. The van der Waals surface area contributed by atoms with Crippen molar-refractivity contribution in [2.24, 2.45) is 0 Å². The van der Waals surface area contributed by atoms with Crippen molar-refractivity contribution >= 4 is 5.91 Å². The van der Waals surface area contributed by atoms with Crippen LogP contribution in [0, 0.1) is 5.82 Å². The minimum absolute atomic E-state index is 0.0662. The molecule has 1 saturated heterocycles. The number of benzene rings is 2. The van der Waals surface area contributed by atoms with Crippen molar-refractivity contribution < 1.29 is 18.7 Å². The first kappa shape index (κ1) is 18.7. The van der Waals surface area contributed by atoms with Gasteiger partial charge in [-0.05, 0) is 54.8 Å². The molecule has 154 valence electrons. The Morgan fingerprint density at radius 3 is 2.77 bits per heavy atom. The van der Waals surface area contributed by atoms with Crippen LogP contribution in [0.15, 0.2) is 48.5 Å². The Morgan fingerprint density at radius 1 is 1.07 bits per heavy atom. The van der Waals surface area contributed by atoms with Crippen LogP contribution in [0.1, 0.15) is 41.2 Å². The summed E-state index contributed by atoms with van der Waals surface area (Å²) < 4.78 is 24.1. The molecule has 5 rings (SSSR count). The van der Waals surface area contributed by atoms with Crippen LogP contribution < -0.4 is 9.47 Å². The highest BCUT2D eigenvalue weighted by molar-refractivity contribution is 5.93. The second-order valence-electron chi connectivity index (χ2n) is 7.73. The number of carbonyl (C=O) groups excluding carboxylic acids is 1. The Balaban J connectivity index is 1.34. The van der Waals surface area contributed by atoms with Crippen LogP contribution in [0.2, 0.25) is 0 Å². The van der Waals surface area contributed by atoms with E-state index >= 15 is 0 Å². The summed E-state index contributed by atoms with van der Waals surface area (Å²) in [7, 11) is 0. The standard InChI is InChI=1S/C23H22FN3O3/c24-18-7-4-15(5-8-18)17-3-1-2-10-27(13-17)23(28)20-12-19(25-26-20)16-6-9-21-22(11-16)30-14-29-21/h4-9,11-12,17H,1-3,10,13-14H2,(H,25,26)/t17-/m1/s1. The molecule has 1 amide bonds. The first-order valence-electron chi connectivity index (χ1n) is 10.2. The van der Waals surface area contributed by atoms with E-state index in [0.29, 0.717) is 36.0 Å².